The molecule has 3 N–H and O–H groups in total. The summed E-state index contributed by atoms with van der Waals surface area (Å²) in [6.45, 7) is 0.203. The standard InChI is InChI=1S/C19H24N2O2/c22-11-16-12-5-6-13(9-12)19(16)21-18(23)8-7-14-10-20-17-4-2-1-3-15(14)17/h1-4,10,12-13,16,19-20,22H,5-9,11H2,(H,21,23). The van der Waals surface area contributed by atoms with Crippen molar-refractivity contribution in [2.24, 2.45) is 17.8 Å². The number of hydrogen-bond acceptors (Lipinski definition) is 2. The third-order valence-corrected chi connectivity index (χ3v) is 5.92. The first-order valence-electron chi connectivity index (χ1n) is 8.71. The van der Waals surface area contributed by atoms with E-state index < -0.39 is 0 Å². The first-order valence-corrected chi connectivity index (χ1v) is 8.71. The second kappa shape index (κ2) is 6.00. The van der Waals surface area contributed by atoms with Crippen LogP contribution in [0.2, 0.25) is 0 Å². The molecule has 23 heavy (non-hydrogen) atoms. The number of carbonyl (C=O) groups excluding carboxylic acids is 1. The van der Waals surface area contributed by atoms with Crippen LogP contribution in [-0.2, 0) is 11.2 Å². The van der Waals surface area contributed by atoms with E-state index in [9.17, 15) is 9.90 Å². The molecule has 1 aromatic carbocycles. The Balaban J connectivity index is 1.37. The van der Waals surface area contributed by atoms with Gasteiger partial charge in [-0.1, -0.05) is 18.2 Å². The summed E-state index contributed by atoms with van der Waals surface area (Å²) in [7, 11) is 0. The molecule has 2 aromatic rings. The molecule has 0 radical (unpaired) electrons. The van der Waals surface area contributed by atoms with Crippen LogP contribution in [0.3, 0.4) is 0 Å². The average Bonchev–Trinajstić information content (AvgIpc) is 3.27. The lowest BCUT2D eigenvalue weighted by Crippen LogP contribution is -2.45. The minimum Gasteiger partial charge on any atom is -0.396 e. The number of hydrogen-bond donors (Lipinski definition) is 3. The third kappa shape index (κ3) is 2.65. The van der Waals surface area contributed by atoms with Gasteiger partial charge in [-0.2, -0.15) is 0 Å². The molecule has 2 fully saturated rings. The highest BCUT2D eigenvalue weighted by atomic mass is 16.3. The van der Waals surface area contributed by atoms with Crippen molar-refractivity contribution in [3.05, 3.63) is 36.0 Å². The molecule has 4 atom stereocenters. The molecule has 0 saturated heterocycles. The summed E-state index contributed by atoms with van der Waals surface area (Å²) in [5, 5.41) is 14.0. The molecule has 1 heterocycles. The number of nitrogens with one attached hydrogen (secondary N) is 2. The van der Waals surface area contributed by atoms with E-state index in [2.05, 4.69) is 22.4 Å². The molecule has 1 aromatic heterocycles. The predicted octanol–water partition coefficient (Wildman–Crippen LogP) is 2.62. The van der Waals surface area contributed by atoms with Crippen molar-refractivity contribution in [1.82, 2.24) is 10.3 Å². The first-order chi connectivity index (χ1) is 11.3. The number of para-hydroxylation sites is 1. The largest absolute Gasteiger partial charge is 0.396 e. The van der Waals surface area contributed by atoms with Gasteiger partial charge in [-0.15, -0.1) is 0 Å². The second-order valence-corrected chi connectivity index (χ2v) is 7.13. The Morgan fingerprint density at radius 2 is 2.09 bits per heavy atom. The Morgan fingerprint density at radius 3 is 2.96 bits per heavy atom. The van der Waals surface area contributed by atoms with Gasteiger partial charge in [0.2, 0.25) is 5.91 Å². The van der Waals surface area contributed by atoms with Gasteiger partial charge in [0, 0.05) is 42.1 Å². The maximum atomic E-state index is 12.4. The predicted molar refractivity (Wildman–Crippen MR) is 90.0 cm³/mol. The lowest BCUT2D eigenvalue weighted by atomic mass is 9.85. The molecular weight excluding hydrogens is 288 g/mol. The normalized spacial score (nSPS) is 29.3. The fraction of sp³-hybridized carbons (Fsp3) is 0.526. The van der Waals surface area contributed by atoms with E-state index in [0.717, 1.165) is 11.9 Å². The van der Waals surface area contributed by atoms with Crippen molar-refractivity contribution in [2.75, 3.05) is 6.61 Å². The topological polar surface area (TPSA) is 65.1 Å². The zero-order valence-electron chi connectivity index (χ0n) is 13.3. The van der Waals surface area contributed by atoms with Crippen molar-refractivity contribution in [1.29, 1.82) is 0 Å². The summed E-state index contributed by atoms with van der Waals surface area (Å²) in [6, 6.07) is 8.38. The number of aliphatic hydroxyl groups excluding tert-OH is 1. The Kier molecular flexibility index (Phi) is 3.85. The molecule has 4 unspecified atom stereocenters. The molecule has 1 amide bonds. The van der Waals surface area contributed by atoms with Gasteiger partial charge in [-0.3, -0.25) is 4.79 Å². The Morgan fingerprint density at radius 1 is 1.26 bits per heavy atom. The third-order valence-electron chi connectivity index (χ3n) is 5.92. The lowest BCUT2D eigenvalue weighted by Gasteiger charge is -2.30. The number of fused-ring (bicyclic) bond motifs is 3. The van der Waals surface area contributed by atoms with Crippen molar-refractivity contribution in [3.63, 3.8) is 0 Å². The van der Waals surface area contributed by atoms with Crippen molar-refractivity contribution >= 4 is 16.8 Å². The molecule has 2 bridgehead atoms. The molecule has 4 nitrogen and oxygen atoms in total. The molecule has 4 heteroatoms. The van der Waals surface area contributed by atoms with Gasteiger partial charge in [0.25, 0.3) is 0 Å². The van der Waals surface area contributed by atoms with Crippen LogP contribution in [0.25, 0.3) is 10.9 Å². The van der Waals surface area contributed by atoms with Crippen molar-refractivity contribution < 1.29 is 9.90 Å². The molecule has 0 aliphatic heterocycles. The van der Waals surface area contributed by atoms with Gasteiger partial charge >= 0.3 is 0 Å². The Bertz CT molecular complexity index is 708. The molecule has 2 aliphatic carbocycles. The van der Waals surface area contributed by atoms with Crippen LogP contribution in [0.5, 0.6) is 0 Å². The van der Waals surface area contributed by atoms with E-state index in [1.807, 2.05) is 18.3 Å². The summed E-state index contributed by atoms with van der Waals surface area (Å²) in [6.07, 6.45) is 6.87. The number of carbonyl (C=O) groups is 1. The van der Waals surface area contributed by atoms with E-state index in [-0.39, 0.29) is 24.5 Å². The fourth-order valence-electron chi connectivity index (χ4n) is 4.74. The van der Waals surface area contributed by atoms with E-state index in [4.69, 9.17) is 0 Å². The molecule has 0 spiro atoms. The Hall–Kier alpha value is -1.81. The average molecular weight is 312 g/mol. The minimum atomic E-state index is 0.117. The highest BCUT2D eigenvalue weighted by Crippen LogP contribution is 2.48. The number of aromatic amines is 1. The van der Waals surface area contributed by atoms with Crippen LogP contribution in [0.15, 0.2) is 30.5 Å². The van der Waals surface area contributed by atoms with Crippen LogP contribution in [0.4, 0.5) is 0 Å². The van der Waals surface area contributed by atoms with Crippen LogP contribution >= 0.6 is 0 Å². The summed E-state index contributed by atoms with van der Waals surface area (Å²) in [5.74, 6) is 1.58. The molecule has 2 aliphatic rings. The van der Waals surface area contributed by atoms with E-state index in [0.29, 0.717) is 18.3 Å². The number of benzene rings is 1. The number of rotatable bonds is 5. The Labute approximate surface area is 136 Å². The highest BCUT2D eigenvalue weighted by molar-refractivity contribution is 5.84. The smallest absolute Gasteiger partial charge is 0.220 e. The number of aromatic nitrogens is 1. The van der Waals surface area contributed by atoms with Gasteiger partial charge in [-0.25, -0.2) is 0 Å². The number of aryl methyl sites for hydroxylation is 1. The zero-order valence-corrected chi connectivity index (χ0v) is 13.3. The summed E-state index contributed by atoms with van der Waals surface area (Å²) in [5.41, 5.74) is 2.32. The van der Waals surface area contributed by atoms with E-state index in [1.54, 1.807) is 0 Å². The van der Waals surface area contributed by atoms with Crippen molar-refractivity contribution in [3.8, 4) is 0 Å². The molecule has 2 saturated carbocycles. The van der Waals surface area contributed by atoms with Crippen molar-refractivity contribution in [2.45, 2.75) is 38.1 Å². The minimum absolute atomic E-state index is 0.117. The molecule has 4 rings (SSSR count). The van der Waals surface area contributed by atoms with Gasteiger partial charge in [0.1, 0.15) is 0 Å². The van der Waals surface area contributed by atoms with Crippen LogP contribution in [0.1, 0.15) is 31.2 Å². The maximum Gasteiger partial charge on any atom is 0.220 e. The van der Waals surface area contributed by atoms with Gasteiger partial charge in [0.15, 0.2) is 0 Å². The van der Waals surface area contributed by atoms with Crippen LogP contribution < -0.4 is 5.32 Å². The zero-order chi connectivity index (χ0) is 15.8. The summed E-state index contributed by atoms with van der Waals surface area (Å²) in [4.78, 5) is 15.6. The lowest BCUT2D eigenvalue weighted by molar-refractivity contribution is -0.122. The summed E-state index contributed by atoms with van der Waals surface area (Å²) >= 11 is 0. The first kappa shape index (κ1) is 14.8. The quantitative estimate of drug-likeness (QED) is 0.794. The fourth-order valence-corrected chi connectivity index (χ4v) is 4.74. The van der Waals surface area contributed by atoms with Gasteiger partial charge in [-0.05, 0) is 49.1 Å². The van der Waals surface area contributed by atoms with E-state index >= 15 is 0 Å². The SMILES string of the molecule is O=C(CCc1c[nH]c2ccccc12)NC1C2CCC(C2)C1CO. The van der Waals surface area contributed by atoms with Crippen LogP contribution in [0, 0.1) is 17.8 Å². The monoisotopic (exact) mass is 312 g/mol. The number of H-pyrrole nitrogens is 1. The van der Waals surface area contributed by atoms with Crippen LogP contribution in [-0.4, -0.2) is 28.6 Å². The van der Waals surface area contributed by atoms with Gasteiger partial charge in [0.05, 0.1) is 0 Å². The second-order valence-electron chi connectivity index (χ2n) is 7.13. The number of aliphatic hydroxyl groups is 1. The molecular formula is C19H24N2O2. The maximum absolute atomic E-state index is 12.4. The van der Waals surface area contributed by atoms with E-state index in [1.165, 1.54) is 30.2 Å². The summed E-state index contributed by atoms with van der Waals surface area (Å²) < 4.78 is 0. The highest BCUT2D eigenvalue weighted by Gasteiger charge is 2.47. The van der Waals surface area contributed by atoms with Gasteiger partial charge < -0.3 is 15.4 Å². The molecule has 122 valence electrons. The number of amides is 1.